The lowest BCUT2D eigenvalue weighted by molar-refractivity contribution is 0.397. The molecule has 0 radical (unpaired) electrons. The molecule has 0 aromatic heterocycles. The summed E-state index contributed by atoms with van der Waals surface area (Å²) in [6.45, 7) is 4.57. The first-order chi connectivity index (χ1) is 6.29. The van der Waals surface area contributed by atoms with Crippen LogP contribution in [0.1, 0.15) is 39.5 Å². The molecule has 13 heavy (non-hydrogen) atoms. The molecule has 0 aromatic rings. The van der Waals surface area contributed by atoms with Gasteiger partial charge in [-0.3, -0.25) is 0 Å². The monoisotopic (exact) mass is 198 g/mol. The van der Waals surface area contributed by atoms with Crippen molar-refractivity contribution in [2.45, 2.75) is 51.6 Å². The number of allylic oxidation sites excluding steroid dienone is 2. The SMILES string of the molecule is CC[Si](CC)(OC)C1=CCCCC1. The molecule has 1 nitrogen and oxygen atoms in total. The van der Waals surface area contributed by atoms with Gasteiger partial charge in [0.2, 0.25) is 8.32 Å². The van der Waals surface area contributed by atoms with E-state index in [1.807, 2.05) is 7.11 Å². The first-order valence-electron chi connectivity index (χ1n) is 5.53. The Hall–Kier alpha value is -0.0831. The van der Waals surface area contributed by atoms with E-state index in [1.165, 1.54) is 37.8 Å². The molecule has 0 aromatic carbocycles. The van der Waals surface area contributed by atoms with E-state index in [0.717, 1.165) is 0 Å². The molecule has 0 bridgehead atoms. The van der Waals surface area contributed by atoms with E-state index in [-0.39, 0.29) is 0 Å². The van der Waals surface area contributed by atoms with Gasteiger partial charge in [0.25, 0.3) is 0 Å². The van der Waals surface area contributed by atoms with Crippen molar-refractivity contribution in [3.63, 3.8) is 0 Å². The molecule has 0 atom stereocenters. The lowest BCUT2D eigenvalue weighted by Crippen LogP contribution is -2.39. The minimum absolute atomic E-state index is 1.24. The zero-order valence-corrected chi connectivity index (χ0v) is 10.2. The van der Waals surface area contributed by atoms with Crippen molar-refractivity contribution < 1.29 is 4.43 Å². The third kappa shape index (κ3) is 2.23. The number of hydrogen-bond acceptors (Lipinski definition) is 1. The highest BCUT2D eigenvalue weighted by Crippen LogP contribution is 2.31. The van der Waals surface area contributed by atoms with Crippen molar-refractivity contribution >= 4 is 8.32 Å². The second-order valence-corrected chi connectivity index (χ2v) is 8.33. The van der Waals surface area contributed by atoms with Gasteiger partial charge in [0.15, 0.2) is 0 Å². The molecule has 1 aliphatic rings. The Morgan fingerprint density at radius 1 is 1.31 bits per heavy atom. The fourth-order valence-electron chi connectivity index (χ4n) is 2.38. The van der Waals surface area contributed by atoms with Crippen LogP contribution in [0.2, 0.25) is 12.1 Å². The van der Waals surface area contributed by atoms with Crippen LogP contribution < -0.4 is 0 Å². The van der Waals surface area contributed by atoms with Gasteiger partial charge >= 0.3 is 0 Å². The summed E-state index contributed by atoms with van der Waals surface area (Å²) in [7, 11) is 0.456. The molecular weight excluding hydrogens is 176 g/mol. The van der Waals surface area contributed by atoms with Gasteiger partial charge in [-0.15, -0.1) is 0 Å². The van der Waals surface area contributed by atoms with E-state index in [2.05, 4.69) is 19.9 Å². The summed E-state index contributed by atoms with van der Waals surface area (Å²) < 4.78 is 5.85. The quantitative estimate of drug-likeness (QED) is 0.626. The lowest BCUT2D eigenvalue weighted by Gasteiger charge is -2.32. The van der Waals surface area contributed by atoms with Gasteiger partial charge in [0.05, 0.1) is 0 Å². The normalized spacial score (nSPS) is 18.5. The van der Waals surface area contributed by atoms with Crippen LogP contribution in [0.4, 0.5) is 0 Å². The summed E-state index contributed by atoms with van der Waals surface area (Å²) in [5, 5.41) is 1.69. The average molecular weight is 198 g/mol. The second kappa shape index (κ2) is 4.96. The zero-order valence-electron chi connectivity index (χ0n) is 9.23. The highest BCUT2D eigenvalue weighted by Gasteiger charge is 2.34. The molecule has 0 heterocycles. The summed E-state index contributed by atoms with van der Waals surface area (Å²) in [5.41, 5.74) is 0. The van der Waals surface area contributed by atoms with Gasteiger partial charge in [0, 0.05) is 7.11 Å². The maximum absolute atomic E-state index is 5.85. The summed E-state index contributed by atoms with van der Waals surface area (Å²) in [6.07, 6.45) is 7.82. The van der Waals surface area contributed by atoms with Crippen molar-refractivity contribution in [3.05, 3.63) is 11.3 Å². The van der Waals surface area contributed by atoms with Crippen LogP contribution in [-0.2, 0) is 4.43 Å². The van der Waals surface area contributed by atoms with Gasteiger partial charge in [0.1, 0.15) is 0 Å². The molecule has 2 heteroatoms. The molecule has 0 fully saturated rings. The van der Waals surface area contributed by atoms with Crippen LogP contribution in [0.3, 0.4) is 0 Å². The van der Waals surface area contributed by atoms with Gasteiger partial charge in [-0.25, -0.2) is 0 Å². The Kier molecular flexibility index (Phi) is 4.20. The standard InChI is InChI=1S/C11H22OSi/c1-4-13(5-2,12-3)11-9-7-6-8-10-11/h9H,4-8,10H2,1-3H3. The molecule has 0 unspecified atom stereocenters. The first-order valence-corrected chi connectivity index (χ1v) is 7.86. The Morgan fingerprint density at radius 2 is 2.00 bits per heavy atom. The largest absolute Gasteiger partial charge is 0.416 e. The minimum atomic E-state index is -1.46. The zero-order chi connectivity index (χ0) is 9.73. The summed E-state index contributed by atoms with van der Waals surface area (Å²) in [5.74, 6) is 0. The second-order valence-electron chi connectivity index (χ2n) is 3.88. The van der Waals surface area contributed by atoms with Crippen LogP contribution in [0, 0.1) is 0 Å². The lowest BCUT2D eigenvalue weighted by atomic mass is 10.1. The van der Waals surface area contributed by atoms with Gasteiger partial charge in [-0.1, -0.05) is 25.1 Å². The predicted molar refractivity (Wildman–Crippen MR) is 60.3 cm³/mol. The third-order valence-electron chi connectivity index (χ3n) is 3.41. The highest BCUT2D eigenvalue weighted by molar-refractivity contribution is 6.80. The molecule has 1 rings (SSSR count). The molecule has 0 aliphatic heterocycles. The van der Waals surface area contributed by atoms with E-state index in [0.29, 0.717) is 0 Å². The van der Waals surface area contributed by atoms with E-state index in [9.17, 15) is 0 Å². The fraction of sp³-hybridized carbons (Fsp3) is 0.818. The molecule has 0 N–H and O–H groups in total. The van der Waals surface area contributed by atoms with Crippen molar-refractivity contribution in [1.29, 1.82) is 0 Å². The maximum Gasteiger partial charge on any atom is 0.218 e. The minimum Gasteiger partial charge on any atom is -0.416 e. The molecule has 0 amide bonds. The van der Waals surface area contributed by atoms with Crippen LogP contribution in [-0.4, -0.2) is 15.4 Å². The van der Waals surface area contributed by atoms with Gasteiger partial charge in [-0.2, -0.15) is 0 Å². The van der Waals surface area contributed by atoms with Crippen LogP contribution in [0.5, 0.6) is 0 Å². The van der Waals surface area contributed by atoms with Crippen LogP contribution in [0.15, 0.2) is 11.3 Å². The van der Waals surface area contributed by atoms with Crippen molar-refractivity contribution in [3.8, 4) is 0 Å². The summed E-state index contributed by atoms with van der Waals surface area (Å²) >= 11 is 0. The molecule has 0 saturated heterocycles. The Morgan fingerprint density at radius 3 is 2.38 bits per heavy atom. The number of rotatable bonds is 4. The Bertz CT molecular complexity index is 174. The molecule has 1 aliphatic carbocycles. The Labute approximate surface area is 83.3 Å². The first kappa shape index (κ1) is 11.0. The topological polar surface area (TPSA) is 9.23 Å². The summed E-state index contributed by atoms with van der Waals surface area (Å²) in [4.78, 5) is 0. The van der Waals surface area contributed by atoms with E-state index in [4.69, 9.17) is 4.43 Å². The molecule has 0 spiro atoms. The Balaban J connectivity index is 2.78. The van der Waals surface area contributed by atoms with E-state index in [1.54, 1.807) is 5.20 Å². The van der Waals surface area contributed by atoms with E-state index < -0.39 is 8.32 Å². The highest BCUT2D eigenvalue weighted by atomic mass is 28.4. The van der Waals surface area contributed by atoms with Crippen molar-refractivity contribution in [2.24, 2.45) is 0 Å². The summed E-state index contributed by atoms with van der Waals surface area (Å²) in [6, 6.07) is 2.48. The fourth-order valence-corrected chi connectivity index (χ4v) is 5.77. The van der Waals surface area contributed by atoms with Crippen molar-refractivity contribution in [2.75, 3.05) is 7.11 Å². The average Bonchev–Trinajstić information content (AvgIpc) is 2.23. The van der Waals surface area contributed by atoms with Crippen LogP contribution in [0.25, 0.3) is 0 Å². The maximum atomic E-state index is 5.85. The molecular formula is C11H22OSi. The van der Waals surface area contributed by atoms with Gasteiger partial charge in [-0.05, 0) is 37.8 Å². The third-order valence-corrected chi connectivity index (χ3v) is 8.10. The van der Waals surface area contributed by atoms with Crippen LogP contribution >= 0.6 is 0 Å². The predicted octanol–water partition coefficient (Wildman–Crippen LogP) is 3.66. The number of hydrogen-bond donors (Lipinski definition) is 0. The van der Waals surface area contributed by atoms with Gasteiger partial charge < -0.3 is 4.43 Å². The smallest absolute Gasteiger partial charge is 0.218 e. The van der Waals surface area contributed by atoms with Crippen molar-refractivity contribution in [1.82, 2.24) is 0 Å². The molecule has 0 saturated carbocycles. The molecule has 76 valence electrons. The van der Waals surface area contributed by atoms with E-state index >= 15 is 0 Å².